The molecule has 0 spiro atoms. The van der Waals surface area contributed by atoms with Crippen molar-refractivity contribution < 1.29 is 4.79 Å². The molecule has 0 radical (unpaired) electrons. The van der Waals surface area contributed by atoms with Crippen LogP contribution in [0.5, 0.6) is 0 Å². The number of aromatic nitrogens is 2. The molecule has 0 aromatic carbocycles. The van der Waals surface area contributed by atoms with E-state index in [9.17, 15) is 4.79 Å². The summed E-state index contributed by atoms with van der Waals surface area (Å²) in [5.74, 6) is 0. The third kappa shape index (κ3) is 2.13. The SMILES string of the molecule is CC(C)NC(=O)Nc1cccn2ccnc12. The Balaban J connectivity index is 2.20. The number of nitrogens with one attached hydrogen (secondary N) is 2. The van der Waals surface area contributed by atoms with Crippen molar-refractivity contribution in [1.82, 2.24) is 14.7 Å². The Kier molecular flexibility index (Phi) is 2.76. The van der Waals surface area contributed by atoms with Crippen LogP contribution < -0.4 is 10.6 Å². The summed E-state index contributed by atoms with van der Waals surface area (Å²) < 4.78 is 1.85. The van der Waals surface area contributed by atoms with E-state index < -0.39 is 0 Å². The highest BCUT2D eigenvalue weighted by Crippen LogP contribution is 2.13. The zero-order valence-corrected chi connectivity index (χ0v) is 9.27. The predicted octanol–water partition coefficient (Wildman–Crippen LogP) is 1.86. The molecule has 0 aliphatic heterocycles. The van der Waals surface area contributed by atoms with Crippen LogP contribution >= 0.6 is 0 Å². The average Bonchev–Trinajstić information content (AvgIpc) is 2.65. The van der Waals surface area contributed by atoms with Crippen molar-refractivity contribution in [3.05, 3.63) is 30.7 Å². The summed E-state index contributed by atoms with van der Waals surface area (Å²) in [6.07, 6.45) is 5.41. The number of carbonyl (C=O) groups is 1. The quantitative estimate of drug-likeness (QED) is 0.808. The standard InChI is InChI=1S/C11H14N4O/c1-8(2)13-11(16)14-9-4-3-6-15-7-5-12-10(9)15/h3-8H,1-2H3,(H2,13,14,16). The highest BCUT2D eigenvalue weighted by molar-refractivity contribution is 5.93. The molecule has 5 heteroatoms. The van der Waals surface area contributed by atoms with Gasteiger partial charge >= 0.3 is 6.03 Å². The Morgan fingerprint density at radius 3 is 3.00 bits per heavy atom. The van der Waals surface area contributed by atoms with Gasteiger partial charge in [-0.05, 0) is 26.0 Å². The van der Waals surface area contributed by atoms with Gasteiger partial charge < -0.3 is 15.0 Å². The van der Waals surface area contributed by atoms with Gasteiger partial charge in [-0.2, -0.15) is 0 Å². The molecule has 2 aromatic heterocycles. The summed E-state index contributed by atoms with van der Waals surface area (Å²) in [7, 11) is 0. The molecule has 84 valence electrons. The highest BCUT2D eigenvalue weighted by atomic mass is 16.2. The number of amides is 2. The summed E-state index contributed by atoms with van der Waals surface area (Å²) in [6.45, 7) is 3.82. The molecule has 2 heterocycles. The van der Waals surface area contributed by atoms with Crippen molar-refractivity contribution in [3.8, 4) is 0 Å². The van der Waals surface area contributed by atoms with Gasteiger partial charge in [0.2, 0.25) is 0 Å². The summed E-state index contributed by atoms with van der Waals surface area (Å²) in [5, 5.41) is 5.53. The maximum atomic E-state index is 11.5. The lowest BCUT2D eigenvalue weighted by molar-refractivity contribution is 0.250. The Morgan fingerprint density at radius 1 is 1.44 bits per heavy atom. The molecule has 2 amide bonds. The maximum absolute atomic E-state index is 11.5. The van der Waals surface area contributed by atoms with E-state index in [1.807, 2.05) is 42.8 Å². The fraction of sp³-hybridized carbons (Fsp3) is 0.273. The Morgan fingerprint density at radius 2 is 2.25 bits per heavy atom. The van der Waals surface area contributed by atoms with Gasteiger partial charge in [0.1, 0.15) is 0 Å². The minimum Gasteiger partial charge on any atom is -0.336 e. The van der Waals surface area contributed by atoms with Crippen LogP contribution in [-0.2, 0) is 0 Å². The van der Waals surface area contributed by atoms with Gasteiger partial charge in [0, 0.05) is 24.6 Å². The van der Waals surface area contributed by atoms with Crippen molar-refractivity contribution in [3.63, 3.8) is 0 Å². The van der Waals surface area contributed by atoms with Crippen molar-refractivity contribution in [1.29, 1.82) is 0 Å². The fourth-order valence-corrected chi connectivity index (χ4v) is 1.47. The smallest absolute Gasteiger partial charge is 0.319 e. The second kappa shape index (κ2) is 4.22. The second-order valence-electron chi connectivity index (χ2n) is 3.83. The number of nitrogens with zero attached hydrogens (tertiary/aromatic N) is 2. The van der Waals surface area contributed by atoms with Crippen molar-refractivity contribution in [2.75, 3.05) is 5.32 Å². The summed E-state index contributed by atoms with van der Waals surface area (Å²) >= 11 is 0. The van der Waals surface area contributed by atoms with E-state index in [1.165, 1.54) is 0 Å². The Labute approximate surface area is 93.5 Å². The third-order valence-corrected chi connectivity index (χ3v) is 2.09. The van der Waals surface area contributed by atoms with Crippen LogP contribution in [0, 0.1) is 0 Å². The topological polar surface area (TPSA) is 58.4 Å². The van der Waals surface area contributed by atoms with Crippen LogP contribution in [0.25, 0.3) is 5.65 Å². The van der Waals surface area contributed by atoms with Gasteiger partial charge in [-0.15, -0.1) is 0 Å². The predicted molar refractivity (Wildman–Crippen MR) is 62.5 cm³/mol. The largest absolute Gasteiger partial charge is 0.336 e. The van der Waals surface area contributed by atoms with E-state index in [4.69, 9.17) is 0 Å². The van der Waals surface area contributed by atoms with E-state index in [-0.39, 0.29) is 12.1 Å². The van der Waals surface area contributed by atoms with Crippen LogP contribution in [0.2, 0.25) is 0 Å². The molecule has 0 atom stereocenters. The number of urea groups is 1. The van der Waals surface area contributed by atoms with Crippen LogP contribution in [0.3, 0.4) is 0 Å². The molecule has 2 N–H and O–H groups in total. The van der Waals surface area contributed by atoms with Gasteiger partial charge in [-0.25, -0.2) is 9.78 Å². The zero-order chi connectivity index (χ0) is 11.5. The minimum absolute atomic E-state index is 0.111. The van der Waals surface area contributed by atoms with Crippen molar-refractivity contribution >= 4 is 17.4 Å². The van der Waals surface area contributed by atoms with Gasteiger partial charge in [0.25, 0.3) is 0 Å². The summed E-state index contributed by atoms with van der Waals surface area (Å²) in [5.41, 5.74) is 1.44. The number of hydrogen-bond acceptors (Lipinski definition) is 2. The number of imidazole rings is 1. The second-order valence-corrected chi connectivity index (χ2v) is 3.83. The molecule has 0 aliphatic carbocycles. The molecule has 0 saturated heterocycles. The summed E-state index contributed by atoms with van der Waals surface area (Å²) in [4.78, 5) is 15.7. The lowest BCUT2D eigenvalue weighted by atomic mass is 10.4. The normalized spacial score (nSPS) is 10.7. The molecule has 0 saturated carbocycles. The molecular weight excluding hydrogens is 204 g/mol. The van der Waals surface area contributed by atoms with Gasteiger partial charge in [-0.3, -0.25) is 0 Å². The van der Waals surface area contributed by atoms with Gasteiger partial charge in [0.15, 0.2) is 5.65 Å². The fourth-order valence-electron chi connectivity index (χ4n) is 1.47. The Bertz CT molecular complexity index is 503. The number of fused-ring (bicyclic) bond motifs is 1. The molecule has 2 rings (SSSR count). The zero-order valence-electron chi connectivity index (χ0n) is 9.27. The number of anilines is 1. The third-order valence-electron chi connectivity index (χ3n) is 2.09. The summed E-state index contributed by atoms with van der Waals surface area (Å²) in [6, 6.07) is 3.58. The molecule has 16 heavy (non-hydrogen) atoms. The lowest BCUT2D eigenvalue weighted by Gasteiger charge is -2.10. The first-order valence-corrected chi connectivity index (χ1v) is 5.16. The van der Waals surface area contributed by atoms with Crippen molar-refractivity contribution in [2.24, 2.45) is 0 Å². The average molecular weight is 218 g/mol. The van der Waals surface area contributed by atoms with Crippen LogP contribution in [-0.4, -0.2) is 21.5 Å². The molecule has 0 bridgehead atoms. The first-order chi connectivity index (χ1) is 7.66. The van der Waals surface area contributed by atoms with Crippen LogP contribution in [0.1, 0.15) is 13.8 Å². The Hall–Kier alpha value is -2.04. The monoisotopic (exact) mass is 218 g/mol. The van der Waals surface area contributed by atoms with Gasteiger partial charge in [0.05, 0.1) is 5.69 Å². The van der Waals surface area contributed by atoms with Crippen LogP contribution in [0.4, 0.5) is 10.5 Å². The number of carbonyl (C=O) groups excluding carboxylic acids is 1. The molecule has 2 aromatic rings. The van der Waals surface area contributed by atoms with E-state index in [0.717, 1.165) is 5.65 Å². The van der Waals surface area contributed by atoms with Gasteiger partial charge in [-0.1, -0.05) is 0 Å². The number of rotatable bonds is 2. The molecule has 0 unspecified atom stereocenters. The number of hydrogen-bond donors (Lipinski definition) is 2. The van der Waals surface area contributed by atoms with E-state index in [0.29, 0.717) is 5.69 Å². The van der Waals surface area contributed by atoms with Crippen molar-refractivity contribution in [2.45, 2.75) is 19.9 Å². The minimum atomic E-state index is -0.217. The molecular formula is C11H14N4O. The first kappa shape index (κ1) is 10.5. The first-order valence-electron chi connectivity index (χ1n) is 5.16. The molecule has 5 nitrogen and oxygen atoms in total. The number of pyridine rings is 1. The van der Waals surface area contributed by atoms with E-state index in [1.54, 1.807) is 6.20 Å². The lowest BCUT2D eigenvalue weighted by Crippen LogP contribution is -2.34. The highest BCUT2D eigenvalue weighted by Gasteiger charge is 2.06. The van der Waals surface area contributed by atoms with E-state index >= 15 is 0 Å². The maximum Gasteiger partial charge on any atom is 0.319 e. The van der Waals surface area contributed by atoms with Crippen LogP contribution in [0.15, 0.2) is 30.7 Å². The molecule has 0 fully saturated rings. The van der Waals surface area contributed by atoms with E-state index in [2.05, 4.69) is 15.6 Å². The molecule has 0 aliphatic rings.